The lowest BCUT2D eigenvalue weighted by molar-refractivity contribution is -0.147. The van der Waals surface area contributed by atoms with Crippen molar-refractivity contribution >= 4 is 37.8 Å². The van der Waals surface area contributed by atoms with Crippen LogP contribution in [0.5, 0.6) is 11.5 Å². The fraction of sp³-hybridized carbons (Fsp3) is 0.286. The first-order valence-electron chi connectivity index (χ1n) is 8.60. The molecule has 0 radical (unpaired) electrons. The first kappa shape index (κ1) is 21.0. The third-order valence-electron chi connectivity index (χ3n) is 4.87. The van der Waals surface area contributed by atoms with E-state index in [9.17, 15) is 13.6 Å². The van der Waals surface area contributed by atoms with Crippen LogP contribution in [0.4, 0.5) is 8.78 Å². The Kier molecular flexibility index (Phi) is 6.25. The van der Waals surface area contributed by atoms with Crippen molar-refractivity contribution < 1.29 is 23.0 Å². The predicted molar refractivity (Wildman–Crippen MR) is 109 cm³/mol. The van der Waals surface area contributed by atoms with Gasteiger partial charge >= 0.3 is 5.97 Å². The number of benzene rings is 2. The Morgan fingerprint density at radius 1 is 1.18 bits per heavy atom. The van der Waals surface area contributed by atoms with Crippen LogP contribution in [0.2, 0.25) is 0 Å². The molecule has 0 saturated heterocycles. The van der Waals surface area contributed by atoms with Gasteiger partial charge in [0.25, 0.3) is 0 Å². The van der Waals surface area contributed by atoms with Gasteiger partial charge in [-0.2, -0.15) is 0 Å². The number of rotatable bonds is 6. The van der Waals surface area contributed by atoms with Crippen LogP contribution >= 0.6 is 31.9 Å². The lowest BCUT2D eigenvalue weighted by Gasteiger charge is -2.10. The van der Waals surface area contributed by atoms with Gasteiger partial charge < -0.3 is 9.47 Å². The van der Waals surface area contributed by atoms with Gasteiger partial charge in [-0.15, -0.1) is 0 Å². The Morgan fingerprint density at radius 3 is 2.61 bits per heavy atom. The van der Waals surface area contributed by atoms with E-state index in [1.807, 2.05) is 19.9 Å². The zero-order valence-electron chi connectivity index (χ0n) is 15.2. The minimum Gasteiger partial charge on any atom is -0.461 e. The quantitative estimate of drug-likeness (QED) is 0.401. The summed E-state index contributed by atoms with van der Waals surface area (Å²) >= 11 is 6.64. The van der Waals surface area contributed by atoms with E-state index >= 15 is 0 Å². The van der Waals surface area contributed by atoms with E-state index in [0.717, 1.165) is 9.46 Å². The van der Waals surface area contributed by atoms with Crippen LogP contribution in [0.15, 0.2) is 51.9 Å². The molecule has 0 aliphatic heterocycles. The topological polar surface area (TPSA) is 35.5 Å². The van der Waals surface area contributed by atoms with Gasteiger partial charge in [0.2, 0.25) is 0 Å². The number of esters is 1. The Hall–Kier alpha value is -1.73. The molecule has 0 bridgehead atoms. The average Bonchev–Trinajstić information content (AvgIpc) is 3.14. The number of allylic oxidation sites excluding steroid dienone is 1. The lowest BCUT2D eigenvalue weighted by atomic mass is 10.1. The van der Waals surface area contributed by atoms with E-state index in [-0.39, 0.29) is 41.3 Å². The summed E-state index contributed by atoms with van der Waals surface area (Å²) in [6.45, 7) is 4.01. The molecule has 3 nitrogen and oxygen atoms in total. The molecule has 1 fully saturated rings. The first-order valence-corrected chi connectivity index (χ1v) is 10.2. The molecule has 2 unspecified atom stereocenters. The van der Waals surface area contributed by atoms with E-state index in [1.165, 1.54) is 36.4 Å². The normalized spacial score (nSPS) is 19.6. The first-order chi connectivity index (χ1) is 13.2. The highest BCUT2D eigenvalue weighted by molar-refractivity contribution is 9.28. The van der Waals surface area contributed by atoms with Crippen molar-refractivity contribution in [3.63, 3.8) is 0 Å². The number of hydrogen-bond acceptors (Lipinski definition) is 3. The minimum absolute atomic E-state index is 0.00286. The van der Waals surface area contributed by atoms with Gasteiger partial charge in [0.1, 0.15) is 18.2 Å². The zero-order valence-corrected chi connectivity index (χ0v) is 18.4. The van der Waals surface area contributed by atoms with Crippen LogP contribution in [-0.2, 0) is 16.1 Å². The number of halogens is 4. The molecule has 2 aromatic carbocycles. The number of carbonyl (C=O) groups excluding carboxylic acids is 1. The smallest absolute Gasteiger partial charge is 0.310 e. The second-order valence-corrected chi connectivity index (χ2v) is 9.99. The van der Waals surface area contributed by atoms with Crippen LogP contribution in [-0.4, -0.2) is 5.97 Å². The summed E-state index contributed by atoms with van der Waals surface area (Å²) in [5.74, 6) is -1.40. The maximum atomic E-state index is 14.0. The maximum Gasteiger partial charge on any atom is 0.310 e. The van der Waals surface area contributed by atoms with Crippen LogP contribution in [0.3, 0.4) is 0 Å². The summed E-state index contributed by atoms with van der Waals surface area (Å²) < 4.78 is 38.9. The summed E-state index contributed by atoms with van der Waals surface area (Å²) in [7, 11) is 0. The molecule has 1 aliphatic rings. The molecule has 1 aliphatic carbocycles. The van der Waals surface area contributed by atoms with E-state index in [0.29, 0.717) is 5.56 Å². The molecule has 28 heavy (non-hydrogen) atoms. The van der Waals surface area contributed by atoms with Crippen molar-refractivity contribution in [3.8, 4) is 11.5 Å². The van der Waals surface area contributed by atoms with Crippen molar-refractivity contribution in [1.29, 1.82) is 0 Å². The predicted octanol–water partition coefficient (Wildman–Crippen LogP) is 6.70. The van der Waals surface area contributed by atoms with Crippen molar-refractivity contribution in [1.82, 2.24) is 0 Å². The second-order valence-electron chi connectivity index (χ2n) is 7.21. The van der Waals surface area contributed by atoms with Gasteiger partial charge in [0.15, 0.2) is 11.6 Å². The van der Waals surface area contributed by atoms with Crippen LogP contribution < -0.4 is 4.74 Å². The van der Waals surface area contributed by atoms with E-state index < -0.39 is 11.6 Å². The highest BCUT2D eigenvalue weighted by Gasteiger charge is 2.61. The summed E-state index contributed by atoms with van der Waals surface area (Å²) in [5.41, 5.74) is 0.395. The molecule has 7 heteroatoms. The standard InChI is InChI=1S/C21H18Br2F2O3/c1-21(2)15(10-18(22)23)19(21)20(26)27-11-12-6-7-16(25)17(8-12)28-14-5-3-4-13(24)9-14/h3-10,15,19H,11H2,1-2H3. The maximum absolute atomic E-state index is 14.0. The SMILES string of the molecule is CC1(C)C(C=C(Br)Br)C1C(=O)OCc1ccc(F)c(Oc2cccc(F)c2)c1. The summed E-state index contributed by atoms with van der Waals surface area (Å²) in [6.07, 6.45) is 1.94. The Labute approximate surface area is 179 Å². The highest BCUT2D eigenvalue weighted by Crippen LogP contribution is 2.60. The molecule has 0 spiro atoms. The minimum atomic E-state index is -0.588. The molecule has 0 N–H and O–H groups in total. The Morgan fingerprint density at radius 2 is 1.93 bits per heavy atom. The monoisotopic (exact) mass is 514 g/mol. The van der Waals surface area contributed by atoms with Crippen LogP contribution in [0.25, 0.3) is 0 Å². The van der Waals surface area contributed by atoms with Crippen molar-refractivity contribution in [2.75, 3.05) is 0 Å². The number of hydrogen-bond donors (Lipinski definition) is 0. The number of carbonyl (C=O) groups is 1. The molecule has 148 valence electrons. The second kappa shape index (κ2) is 8.33. The average molecular weight is 516 g/mol. The molecule has 1 saturated carbocycles. The largest absolute Gasteiger partial charge is 0.461 e. The molecule has 0 aromatic heterocycles. The highest BCUT2D eigenvalue weighted by atomic mass is 79.9. The molecule has 0 amide bonds. The fourth-order valence-electron chi connectivity index (χ4n) is 3.19. The van der Waals surface area contributed by atoms with Gasteiger partial charge in [0.05, 0.1) is 9.31 Å². The van der Waals surface area contributed by atoms with E-state index in [2.05, 4.69) is 31.9 Å². The number of ether oxygens (including phenoxy) is 2. The summed E-state index contributed by atoms with van der Waals surface area (Å²) in [6, 6.07) is 9.63. The van der Waals surface area contributed by atoms with Crippen LogP contribution in [0.1, 0.15) is 19.4 Å². The third-order valence-corrected chi connectivity index (χ3v) is 5.40. The van der Waals surface area contributed by atoms with Gasteiger partial charge in [-0.05, 0) is 73.0 Å². The van der Waals surface area contributed by atoms with Gasteiger partial charge in [-0.1, -0.05) is 32.1 Å². The van der Waals surface area contributed by atoms with Gasteiger partial charge in [-0.25, -0.2) is 8.78 Å². The fourth-order valence-corrected chi connectivity index (χ4v) is 3.76. The lowest BCUT2D eigenvalue weighted by Crippen LogP contribution is -2.10. The molecular weight excluding hydrogens is 498 g/mol. The summed E-state index contributed by atoms with van der Waals surface area (Å²) in [4.78, 5) is 12.4. The Balaban J connectivity index is 1.65. The van der Waals surface area contributed by atoms with Crippen LogP contribution in [0, 0.1) is 28.9 Å². The van der Waals surface area contributed by atoms with E-state index in [4.69, 9.17) is 9.47 Å². The van der Waals surface area contributed by atoms with Gasteiger partial charge in [-0.3, -0.25) is 4.79 Å². The molecular formula is C21H18Br2F2O3. The molecule has 0 heterocycles. The van der Waals surface area contributed by atoms with Crippen molar-refractivity contribution in [2.24, 2.45) is 17.3 Å². The molecule has 3 rings (SSSR count). The van der Waals surface area contributed by atoms with Crippen molar-refractivity contribution in [3.05, 3.63) is 69.1 Å². The van der Waals surface area contributed by atoms with Gasteiger partial charge in [0, 0.05) is 6.07 Å². The zero-order chi connectivity index (χ0) is 20.5. The molecule has 2 aromatic rings. The molecule has 2 atom stereocenters. The van der Waals surface area contributed by atoms with E-state index in [1.54, 1.807) is 0 Å². The summed E-state index contributed by atoms with van der Waals surface area (Å²) in [5, 5.41) is 0. The third kappa shape index (κ3) is 4.81. The van der Waals surface area contributed by atoms with Crippen molar-refractivity contribution in [2.45, 2.75) is 20.5 Å². The Bertz CT molecular complexity index is 924.